The average Bonchev–Trinajstić information content (AvgIpc) is 3.05. The van der Waals surface area contributed by atoms with Crippen molar-refractivity contribution in [3.8, 4) is 5.75 Å². The van der Waals surface area contributed by atoms with Crippen molar-refractivity contribution >= 4 is 46.5 Å². The Morgan fingerprint density at radius 3 is 2.35 bits per heavy atom. The molecule has 0 radical (unpaired) electrons. The van der Waals surface area contributed by atoms with Gasteiger partial charge in [-0.2, -0.15) is 0 Å². The number of anilines is 2. The minimum absolute atomic E-state index is 0.00944. The van der Waals surface area contributed by atoms with Crippen molar-refractivity contribution in [2.24, 2.45) is 5.92 Å². The summed E-state index contributed by atoms with van der Waals surface area (Å²) in [6.07, 6.45) is 10.8. The van der Waals surface area contributed by atoms with Crippen LogP contribution >= 0.6 is 23.2 Å². The molecule has 1 fully saturated rings. The van der Waals surface area contributed by atoms with Gasteiger partial charge in [0, 0.05) is 51.0 Å². The average molecular weight is 675 g/mol. The number of piperazine rings is 1. The summed E-state index contributed by atoms with van der Waals surface area (Å²) in [7, 11) is 0. The monoisotopic (exact) mass is 673 g/mol. The first-order valence-corrected chi connectivity index (χ1v) is 18.2. The fourth-order valence-electron chi connectivity index (χ4n) is 6.33. The van der Waals surface area contributed by atoms with Gasteiger partial charge >= 0.3 is 5.97 Å². The number of amides is 1. The SMILES string of the molecule is CCCCCCCCCC(=O)OC(C(C)C)N1C(=O)CCc2ccc(OCCCCN3CCN(c4cccc(Cl)c4Cl)CC3)cc21. The largest absolute Gasteiger partial charge is 0.494 e. The van der Waals surface area contributed by atoms with Crippen LogP contribution in [0.3, 0.4) is 0 Å². The van der Waals surface area contributed by atoms with Crippen molar-refractivity contribution in [1.29, 1.82) is 0 Å². The summed E-state index contributed by atoms with van der Waals surface area (Å²) in [5, 5.41) is 1.22. The molecule has 0 spiro atoms. The zero-order chi connectivity index (χ0) is 32.9. The van der Waals surface area contributed by atoms with Crippen LogP contribution in [0.25, 0.3) is 0 Å². The van der Waals surface area contributed by atoms with Crippen molar-refractivity contribution in [3.63, 3.8) is 0 Å². The molecule has 0 aliphatic carbocycles. The van der Waals surface area contributed by atoms with Gasteiger partial charge < -0.3 is 14.4 Å². The third-order valence-electron chi connectivity index (χ3n) is 9.04. The van der Waals surface area contributed by atoms with Crippen LogP contribution in [0.2, 0.25) is 10.0 Å². The highest BCUT2D eigenvalue weighted by atomic mass is 35.5. The number of unbranched alkanes of at least 4 members (excludes halogenated alkanes) is 7. The van der Waals surface area contributed by atoms with E-state index in [9.17, 15) is 9.59 Å². The molecular formula is C37H53Cl2N3O4. The lowest BCUT2D eigenvalue weighted by Crippen LogP contribution is -2.48. The lowest BCUT2D eigenvalue weighted by molar-refractivity contribution is -0.152. The summed E-state index contributed by atoms with van der Waals surface area (Å²) < 4.78 is 12.1. The summed E-state index contributed by atoms with van der Waals surface area (Å²) in [4.78, 5) is 32.6. The van der Waals surface area contributed by atoms with Gasteiger partial charge in [0.25, 0.3) is 0 Å². The van der Waals surface area contributed by atoms with Crippen LogP contribution in [-0.2, 0) is 20.7 Å². The third kappa shape index (κ3) is 10.5. The van der Waals surface area contributed by atoms with E-state index < -0.39 is 6.23 Å². The van der Waals surface area contributed by atoms with Crippen LogP contribution in [0, 0.1) is 5.92 Å². The van der Waals surface area contributed by atoms with Crippen LogP contribution in [0.15, 0.2) is 36.4 Å². The lowest BCUT2D eigenvalue weighted by atomic mass is 9.98. The molecule has 2 aliphatic rings. The van der Waals surface area contributed by atoms with Crippen LogP contribution in [0.4, 0.5) is 11.4 Å². The number of nitrogens with zero attached hydrogens (tertiary/aromatic N) is 3. The van der Waals surface area contributed by atoms with Gasteiger partial charge in [0.05, 0.1) is 28.0 Å². The minimum atomic E-state index is -0.630. The molecule has 0 bridgehead atoms. The predicted octanol–water partition coefficient (Wildman–Crippen LogP) is 8.92. The number of halogens is 2. The van der Waals surface area contributed by atoms with E-state index in [1.54, 1.807) is 4.90 Å². The molecule has 9 heteroatoms. The van der Waals surface area contributed by atoms with E-state index in [1.807, 2.05) is 50.2 Å². The predicted molar refractivity (Wildman–Crippen MR) is 189 cm³/mol. The molecule has 254 valence electrons. The van der Waals surface area contributed by atoms with Gasteiger partial charge in [0.2, 0.25) is 5.91 Å². The quantitative estimate of drug-likeness (QED) is 0.116. The maximum absolute atomic E-state index is 13.2. The van der Waals surface area contributed by atoms with Crippen LogP contribution in [-0.4, -0.2) is 62.3 Å². The zero-order valence-corrected chi connectivity index (χ0v) is 29.6. The number of hydrogen-bond donors (Lipinski definition) is 0. The molecular weight excluding hydrogens is 621 g/mol. The summed E-state index contributed by atoms with van der Waals surface area (Å²) in [5.74, 6) is 0.461. The first-order chi connectivity index (χ1) is 22.3. The van der Waals surface area contributed by atoms with E-state index in [0.29, 0.717) is 35.9 Å². The number of esters is 1. The molecule has 1 amide bonds. The van der Waals surface area contributed by atoms with E-state index in [4.69, 9.17) is 32.7 Å². The smallest absolute Gasteiger partial charge is 0.307 e. The fourth-order valence-corrected chi connectivity index (χ4v) is 6.74. The number of rotatable bonds is 18. The molecule has 46 heavy (non-hydrogen) atoms. The Morgan fingerprint density at radius 1 is 0.870 bits per heavy atom. The molecule has 2 heterocycles. The molecule has 4 rings (SSSR count). The molecule has 7 nitrogen and oxygen atoms in total. The van der Waals surface area contributed by atoms with Crippen molar-refractivity contribution in [2.45, 2.75) is 104 Å². The van der Waals surface area contributed by atoms with Crippen molar-refractivity contribution < 1.29 is 19.1 Å². The number of aryl methyl sites for hydroxylation is 1. The van der Waals surface area contributed by atoms with E-state index in [-0.39, 0.29) is 17.8 Å². The summed E-state index contributed by atoms with van der Waals surface area (Å²) in [6, 6.07) is 11.8. The summed E-state index contributed by atoms with van der Waals surface area (Å²) in [5.41, 5.74) is 2.89. The minimum Gasteiger partial charge on any atom is -0.494 e. The van der Waals surface area contributed by atoms with Gasteiger partial charge in [0.15, 0.2) is 6.23 Å². The second-order valence-electron chi connectivity index (χ2n) is 13.0. The van der Waals surface area contributed by atoms with Gasteiger partial charge in [-0.25, -0.2) is 0 Å². The Bertz CT molecular complexity index is 1270. The molecule has 1 atom stereocenters. The van der Waals surface area contributed by atoms with Crippen LogP contribution in [0.1, 0.15) is 97.0 Å². The molecule has 0 aromatic heterocycles. The number of fused-ring (bicyclic) bond motifs is 1. The van der Waals surface area contributed by atoms with E-state index >= 15 is 0 Å². The van der Waals surface area contributed by atoms with Crippen molar-refractivity contribution in [2.75, 3.05) is 49.1 Å². The highest BCUT2D eigenvalue weighted by Crippen LogP contribution is 2.36. The Balaban J connectivity index is 1.23. The van der Waals surface area contributed by atoms with Crippen LogP contribution in [0.5, 0.6) is 5.75 Å². The topological polar surface area (TPSA) is 62.3 Å². The zero-order valence-electron chi connectivity index (χ0n) is 28.1. The highest BCUT2D eigenvalue weighted by molar-refractivity contribution is 6.43. The number of carbonyl (C=O) groups excluding carboxylic acids is 2. The maximum atomic E-state index is 13.2. The summed E-state index contributed by atoms with van der Waals surface area (Å²) >= 11 is 12.6. The first kappa shape index (κ1) is 36.4. The van der Waals surface area contributed by atoms with Gasteiger partial charge in [-0.15, -0.1) is 0 Å². The fraction of sp³-hybridized carbons (Fsp3) is 0.622. The number of ether oxygens (including phenoxy) is 2. The number of hydrogen-bond acceptors (Lipinski definition) is 6. The standard InChI is InChI=1S/C37H53Cl2N3O4/c1-4-5-6-7-8-9-10-16-35(44)46-37(28(2)3)42-33-27-30(19-17-29(33)18-20-34(42)43)45-26-12-11-21-40-22-24-41(25-23-40)32-15-13-14-31(38)36(32)39/h13-15,17,19,27-28,37H,4-12,16,18,20-26H2,1-3H3. The number of benzene rings is 2. The normalized spacial score (nSPS) is 16.1. The molecule has 1 unspecified atom stereocenters. The molecule has 2 aromatic carbocycles. The van der Waals surface area contributed by atoms with Crippen LogP contribution < -0.4 is 14.5 Å². The molecule has 1 saturated heterocycles. The van der Waals surface area contributed by atoms with Gasteiger partial charge in [-0.1, -0.05) is 94.6 Å². The highest BCUT2D eigenvalue weighted by Gasteiger charge is 2.35. The van der Waals surface area contributed by atoms with Gasteiger partial charge in [-0.3, -0.25) is 19.4 Å². The van der Waals surface area contributed by atoms with Gasteiger partial charge in [0.1, 0.15) is 5.75 Å². The molecule has 0 N–H and O–H groups in total. The van der Waals surface area contributed by atoms with E-state index in [1.165, 1.54) is 25.7 Å². The van der Waals surface area contributed by atoms with Crippen molar-refractivity contribution in [3.05, 3.63) is 52.0 Å². The first-order valence-electron chi connectivity index (χ1n) is 17.5. The maximum Gasteiger partial charge on any atom is 0.307 e. The third-order valence-corrected chi connectivity index (χ3v) is 9.85. The number of carbonyl (C=O) groups is 2. The second-order valence-corrected chi connectivity index (χ2v) is 13.8. The van der Waals surface area contributed by atoms with E-state index in [0.717, 1.165) is 87.5 Å². The lowest BCUT2D eigenvalue weighted by Gasteiger charge is -2.37. The second kappa shape index (κ2) is 18.8. The van der Waals surface area contributed by atoms with Crippen molar-refractivity contribution in [1.82, 2.24) is 4.90 Å². The van der Waals surface area contributed by atoms with Gasteiger partial charge in [-0.05, 0) is 56.0 Å². The molecule has 0 saturated carbocycles. The summed E-state index contributed by atoms with van der Waals surface area (Å²) in [6.45, 7) is 11.7. The molecule has 2 aliphatic heterocycles. The van der Waals surface area contributed by atoms with E-state index in [2.05, 4.69) is 16.7 Å². The Kier molecular flexibility index (Phi) is 14.8. The molecule has 2 aromatic rings. The Labute approximate surface area is 286 Å². The Hall–Kier alpha value is -2.48. The Morgan fingerprint density at radius 2 is 1.61 bits per heavy atom.